The second-order valence-electron chi connectivity index (χ2n) is 4.19. The van der Waals surface area contributed by atoms with Gasteiger partial charge in [-0.25, -0.2) is 4.79 Å². The van der Waals surface area contributed by atoms with Crippen molar-refractivity contribution in [2.24, 2.45) is 5.92 Å². The normalized spacial score (nSPS) is 20.7. The maximum Gasteiger partial charge on any atom is 0.409 e. The van der Waals surface area contributed by atoms with Crippen LogP contribution in [0.5, 0.6) is 0 Å². The fourth-order valence-electron chi connectivity index (χ4n) is 1.83. The molecule has 1 fully saturated rings. The van der Waals surface area contributed by atoms with Gasteiger partial charge in [-0.2, -0.15) is 0 Å². The van der Waals surface area contributed by atoms with Crippen LogP contribution in [0.3, 0.4) is 0 Å². The number of unbranched alkanes of at least 4 members (excludes halogenated alkanes) is 2. The molecule has 1 amide bonds. The number of amides is 1. The predicted octanol–water partition coefficient (Wildman–Crippen LogP) is 1.72. The zero-order valence-electron chi connectivity index (χ0n) is 9.65. The van der Waals surface area contributed by atoms with Gasteiger partial charge >= 0.3 is 12.1 Å². The summed E-state index contributed by atoms with van der Waals surface area (Å²) in [4.78, 5) is 23.6. The van der Waals surface area contributed by atoms with Crippen LogP contribution in [0, 0.1) is 5.92 Å². The number of ether oxygens (including phenoxy) is 1. The predicted molar refractivity (Wildman–Crippen MR) is 58.2 cm³/mol. The smallest absolute Gasteiger partial charge is 0.409 e. The van der Waals surface area contributed by atoms with Crippen molar-refractivity contribution < 1.29 is 19.4 Å². The van der Waals surface area contributed by atoms with Crippen LogP contribution >= 0.6 is 0 Å². The molecule has 0 aromatic heterocycles. The van der Waals surface area contributed by atoms with Gasteiger partial charge in [0, 0.05) is 19.0 Å². The third-order valence-corrected chi connectivity index (χ3v) is 2.67. The lowest BCUT2D eigenvalue weighted by molar-refractivity contribution is -0.139. The monoisotopic (exact) mass is 229 g/mol. The van der Waals surface area contributed by atoms with E-state index in [1.807, 2.05) is 0 Å². The van der Waals surface area contributed by atoms with E-state index in [0.717, 1.165) is 19.3 Å². The molecule has 1 atom stereocenters. The Morgan fingerprint density at radius 3 is 2.94 bits per heavy atom. The first kappa shape index (κ1) is 12.8. The highest BCUT2D eigenvalue weighted by Gasteiger charge is 2.27. The molecule has 0 aliphatic carbocycles. The summed E-state index contributed by atoms with van der Waals surface area (Å²) in [6.45, 7) is 3.51. The van der Waals surface area contributed by atoms with E-state index in [1.54, 1.807) is 4.90 Å². The molecule has 1 unspecified atom stereocenters. The van der Waals surface area contributed by atoms with Crippen LogP contribution in [0.25, 0.3) is 0 Å². The van der Waals surface area contributed by atoms with Crippen LogP contribution in [0.1, 0.15) is 32.6 Å². The minimum atomic E-state index is -0.837. The van der Waals surface area contributed by atoms with Crippen molar-refractivity contribution in [3.05, 3.63) is 0 Å². The van der Waals surface area contributed by atoms with E-state index >= 15 is 0 Å². The highest BCUT2D eigenvalue weighted by molar-refractivity contribution is 5.70. The first-order valence-electron chi connectivity index (χ1n) is 5.77. The highest BCUT2D eigenvalue weighted by atomic mass is 16.6. The molecule has 1 aliphatic heterocycles. The molecule has 1 heterocycles. The van der Waals surface area contributed by atoms with E-state index in [-0.39, 0.29) is 25.0 Å². The number of hydrogen-bond donors (Lipinski definition) is 1. The first-order valence-corrected chi connectivity index (χ1v) is 5.77. The van der Waals surface area contributed by atoms with E-state index in [4.69, 9.17) is 9.84 Å². The summed E-state index contributed by atoms with van der Waals surface area (Å²) in [7, 11) is 0. The number of carbonyl (C=O) groups excluding carboxylic acids is 1. The number of cyclic esters (lactones) is 1. The second kappa shape index (κ2) is 6.35. The standard InChI is InChI=1S/C11H19NO4/c1-2-3-4-5-12-7-9(6-10(13)14)8-16-11(12)15/h9H,2-8H2,1H3,(H,13,14). The Labute approximate surface area is 95.4 Å². The Morgan fingerprint density at radius 2 is 2.31 bits per heavy atom. The van der Waals surface area contributed by atoms with Crippen LogP contribution < -0.4 is 0 Å². The largest absolute Gasteiger partial charge is 0.481 e. The molecule has 1 aliphatic rings. The fourth-order valence-corrected chi connectivity index (χ4v) is 1.83. The van der Waals surface area contributed by atoms with Gasteiger partial charge in [-0.1, -0.05) is 19.8 Å². The lowest BCUT2D eigenvalue weighted by Gasteiger charge is -2.31. The SMILES string of the molecule is CCCCCN1CC(CC(=O)O)COC1=O. The van der Waals surface area contributed by atoms with Crippen molar-refractivity contribution in [2.75, 3.05) is 19.7 Å². The summed E-state index contributed by atoms with van der Waals surface area (Å²) in [5, 5.41) is 8.67. The van der Waals surface area contributed by atoms with Gasteiger partial charge in [0.2, 0.25) is 0 Å². The molecular weight excluding hydrogens is 210 g/mol. The number of carboxylic acids is 1. The molecule has 0 aromatic carbocycles. The van der Waals surface area contributed by atoms with Crippen molar-refractivity contribution in [1.29, 1.82) is 0 Å². The third kappa shape index (κ3) is 4.08. The lowest BCUT2D eigenvalue weighted by Crippen LogP contribution is -2.44. The van der Waals surface area contributed by atoms with E-state index in [2.05, 4.69) is 6.92 Å². The van der Waals surface area contributed by atoms with E-state index in [9.17, 15) is 9.59 Å². The molecule has 0 aromatic rings. The van der Waals surface area contributed by atoms with Gasteiger partial charge in [0.25, 0.3) is 0 Å². The minimum Gasteiger partial charge on any atom is -0.481 e. The number of rotatable bonds is 6. The first-order chi connectivity index (χ1) is 7.63. The average Bonchev–Trinajstić information content (AvgIpc) is 2.22. The van der Waals surface area contributed by atoms with E-state index in [1.165, 1.54) is 0 Å². The van der Waals surface area contributed by atoms with Crippen molar-refractivity contribution in [2.45, 2.75) is 32.6 Å². The van der Waals surface area contributed by atoms with E-state index in [0.29, 0.717) is 13.1 Å². The summed E-state index contributed by atoms with van der Waals surface area (Å²) in [5.74, 6) is -0.909. The summed E-state index contributed by atoms with van der Waals surface area (Å²) in [6, 6.07) is 0. The summed E-state index contributed by atoms with van der Waals surface area (Å²) < 4.78 is 4.96. The van der Waals surface area contributed by atoms with Crippen LogP contribution in [0.2, 0.25) is 0 Å². The number of aliphatic carboxylic acids is 1. The Morgan fingerprint density at radius 1 is 1.56 bits per heavy atom. The van der Waals surface area contributed by atoms with Gasteiger partial charge in [-0.05, 0) is 6.42 Å². The average molecular weight is 229 g/mol. The van der Waals surface area contributed by atoms with Gasteiger partial charge in [-0.3, -0.25) is 4.79 Å². The Balaban J connectivity index is 2.36. The molecule has 0 radical (unpaired) electrons. The zero-order valence-corrected chi connectivity index (χ0v) is 9.65. The molecular formula is C11H19NO4. The molecule has 1 N–H and O–H groups in total. The van der Waals surface area contributed by atoms with Crippen LogP contribution in [-0.4, -0.2) is 41.8 Å². The van der Waals surface area contributed by atoms with Crippen molar-refractivity contribution in [3.63, 3.8) is 0 Å². The summed E-state index contributed by atoms with van der Waals surface area (Å²) in [6.07, 6.45) is 2.88. The molecule has 0 saturated carbocycles. The Kier molecular flexibility index (Phi) is 5.08. The van der Waals surface area contributed by atoms with Gasteiger partial charge in [0.1, 0.15) is 0 Å². The molecule has 16 heavy (non-hydrogen) atoms. The Hall–Kier alpha value is -1.26. The molecule has 0 spiro atoms. The van der Waals surface area contributed by atoms with Crippen LogP contribution in [0.15, 0.2) is 0 Å². The molecule has 1 rings (SSSR count). The van der Waals surface area contributed by atoms with Crippen molar-refractivity contribution in [3.8, 4) is 0 Å². The Bertz CT molecular complexity index is 254. The van der Waals surface area contributed by atoms with Gasteiger partial charge < -0.3 is 14.7 Å². The van der Waals surface area contributed by atoms with Crippen LogP contribution in [0.4, 0.5) is 4.79 Å². The summed E-state index contributed by atoms with van der Waals surface area (Å²) >= 11 is 0. The van der Waals surface area contributed by atoms with Gasteiger partial charge in [0.15, 0.2) is 0 Å². The van der Waals surface area contributed by atoms with Crippen LogP contribution in [-0.2, 0) is 9.53 Å². The quantitative estimate of drug-likeness (QED) is 0.704. The number of carbonyl (C=O) groups is 2. The number of hydrogen-bond acceptors (Lipinski definition) is 3. The number of carboxylic acid groups (broad SMARTS) is 1. The van der Waals surface area contributed by atoms with E-state index < -0.39 is 5.97 Å². The highest BCUT2D eigenvalue weighted by Crippen LogP contribution is 2.15. The minimum absolute atomic E-state index is 0.0670. The molecule has 0 bridgehead atoms. The molecule has 92 valence electrons. The topological polar surface area (TPSA) is 66.8 Å². The van der Waals surface area contributed by atoms with Crippen molar-refractivity contribution >= 4 is 12.1 Å². The zero-order chi connectivity index (χ0) is 12.0. The second-order valence-corrected chi connectivity index (χ2v) is 4.19. The molecule has 1 saturated heterocycles. The van der Waals surface area contributed by atoms with Gasteiger partial charge in [-0.15, -0.1) is 0 Å². The number of nitrogens with zero attached hydrogens (tertiary/aromatic N) is 1. The van der Waals surface area contributed by atoms with Crippen molar-refractivity contribution in [1.82, 2.24) is 4.90 Å². The maximum atomic E-state index is 11.4. The maximum absolute atomic E-state index is 11.4. The molecule has 5 nitrogen and oxygen atoms in total. The van der Waals surface area contributed by atoms with Gasteiger partial charge in [0.05, 0.1) is 13.0 Å². The lowest BCUT2D eigenvalue weighted by atomic mass is 10.1. The molecule has 5 heteroatoms. The summed E-state index contributed by atoms with van der Waals surface area (Å²) in [5.41, 5.74) is 0. The third-order valence-electron chi connectivity index (χ3n) is 2.67. The fraction of sp³-hybridized carbons (Fsp3) is 0.818.